The summed E-state index contributed by atoms with van der Waals surface area (Å²) in [5.41, 5.74) is 0.844. The van der Waals surface area contributed by atoms with Crippen LogP contribution in [-0.2, 0) is 13.1 Å². The van der Waals surface area contributed by atoms with Gasteiger partial charge in [0.05, 0.1) is 13.1 Å². The first-order valence-corrected chi connectivity index (χ1v) is 6.67. The minimum absolute atomic E-state index is 0.556. The average Bonchev–Trinajstić information content (AvgIpc) is 3.09. The minimum atomic E-state index is 0.556. The number of aryl methyl sites for hydroxylation is 1. The average molecular weight is 284 g/mol. The van der Waals surface area contributed by atoms with E-state index in [1.807, 2.05) is 38.2 Å². The van der Waals surface area contributed by atoms with Crippen LogP contribution >= 0.6 is 0 Å². The molecule has 6 heteroatoms. The molecule has 0 bridgehead atoms. The standard InChI is InChI=1S/C15H16N4O2/c1-11-5-6-13(20-11)9-19(2)10-14-17-15(18-21-14)12-4-3-7-16-8-12/h3-8H,9-10H2,1-2H3. The molecule has 3 rings (SSSR count). The van der Waals surface area contributed by atoms with Gasteiger partial charge in [0.25, 0.3) is 0 Å². The molecule has 0 aliphatic carbocycles. The van der Waals surface area contributed by atoms with Gasteiger partial charge in [-0.25, -0.2) is 0 Å². The maximum Gasteiger partial charge on any atom is 0.241 e. The van der Waals surface area contributed by atoms with Crippen molar-refractivity contribution in [1.29, 1.82) is 0 Å². The molecule has 0 radical (unpaired) electrons. The largest absolute Gasteiger partial charge is 0.465 e. The molecule has 3 aromatic heterocycles. The van der Waals surface area contributed by atoms with Crippen molar-refractivity contribution < 1.29 is 8.94 Å². The monoisotopic (exact) mass is 284 g/mol. The number of furan rings is 1. The summed E-state index contributed by atoms with van der Waals surface area (Å²) in [6.45, 7) is 3.19. The predicted octanol–water partition coefficient (Wildman–Crippen LogP) is 2.67. The Labute approximate surface area is 122 Å². The highest BCUT2D eigenvalue weighted by Crippen LogP contribution is 2.15. The van der Waals surface area contributed by atoms with Gasteiger partial charge in [-0.05, 0) is 38.2 Å². The van der Waals surface area contributed by atoms with E-state index < -0.39 is 0 Å². The second-order valence-electron chi connectivity index (χ2n) is 4.94. The highest BCUT2D eigenvalue weighted by atomic mass is 16.5. The van der Waals surface area contributed by atoms with Crippen molar-refractivity contribution in [3.63, 3.8) is 0 Å². The zero-order chi connectivity index (χ0) is 14.7. The van der Waals surface area contributed by atoms with E-state index in [1.54, 1.807) is 12.4 Å². The number of pyridine rings is 1. The van der Waals surface area contributed by atoms with Gasteiger partial charge in [0.1, 0.15) is 11.5 Å². The third-order valence-corrected chi connectivity index (χ3v) is 3.01. The Morgan fingerprint density at radius 1 is 1.19 bits per heavy atom. The Morgan fingerprint density at radius 3 is 2.81 bits per heavy atom. The summed E-state index contributed by atoms with van der Waals surface area (Å²) in [4.78, 5) is 10.5. The maximum absolute atomic E-state index is 5.55. The first-order chi connectivity index (χ1) is 10.2. The molecule has 0 aromatic carbocycles. The van der Waals surface area contributed by atoms with Gasteiger partial charge < -0.3 is 8.94 Å². The molecule has 0 N–H and O–H groups in total. The second-order valence-corrected chi connectivity index (χ2v) is 4.94. The van der Waals surface area contributed by atoms with Crippen molar-refractivity contribution in [1.82, 2.24) is 20.0 Å². The molecule has 21 heavy (non-hydrogen) atoms. The van der Waals surface area contributed by atoms with Crippen LogP contribution in [0.25, 0.3) is 11.4 Å². The smallest absolute Gasteiger partial charge is 0.241 e. The Morgan fingerprint density at radius 2 is 2.10 bits per heavy atom. The molecule has 0 saturated heterocycles. The Hall–Kier alpha value is -2.47. The molecular weight excluding hydrogens is 268 g/mol. The van der Waals surface area contributed by atoms with E-state index in [9.17, 15) is 0 Å². The van der Waals surface area contributed by atoms with Gasteiger partial charge in [0, 0.05) is 18.0 Å². The summed E-state index contributed by atoms with van der Waals surface area (Å²) in [6.07, 6.45) is 3.42. The lowest BCUT2D eigenvalue weighted by atomic mass is 10.3. The molecule has 3 aromatic rings. The Balaban J connectivity index is 1.64. The first-order valence-electron chi connectivity index (χ1n) is 6.67. The molecule has 0 aliphatic heterocycles. The molecular formula is C15H16N4O2. The number of rotatable bonds is 5. The molecule has 0 spiro atoms. The zero-order valence-corrected chi connectivity index (χ0v) is 12.0. The molecule has 0 saturated carbocycles. The maximum atomic E-state index is 5.55. The van der Waals surface area contributed by atoms with E-state index in [-0.39, 0.29) is 0 Å². The third-order valence-electron chi connectivity index (χ3n) is 3.01. The molecule has 0 atom stereocenters. The Kier molecular flexibility index (Phi) is 3.79. The van der Waals surface area contributed by atoms with Crippen molar-refractivity contribution in [2.45, 2.75) is 20.0 Å². The van der Waals surface area contributed by atoms with Gasteiger partial charge in [-0.2, -0.15) is 4.98 Å². The highest BCUT2D eigenvalue weighted by molar-refractivity contribution is 5.51. The summed E-state index contributed by atoms with van der Waals surface area (Å²) >= 11 is 0. The van der Waals surface area contributed by atoms with Crippen molar-refractivity contribution in [3.05, 3.63) is 54.1 Å². The highest BCUT2D eigenvalue weighted by Gasteiger charge is 2.12. The van der Waals surface area contributed by atoms with Crippen LogP contribution in [0.4, 0.5) is 0 Å². The summed E-state index contributed by atoms with van der Waals surface area (Å²) in [5, 5.41) is 3.97. The topological polar surface area (TPSA) is 68.2 Å². The molecule has 0 aliphatic rings. The molecule has 6 nitrogen and oxygen atoms in total. The fourth-order valence-corrected chi connectivity index (χ4v) is 2.05. The lowest BCUT2D eigenvalue weighted by Crippen LogP contribution is -2.17. The van der Waals surface area contributed by atoms with Crippen LogP contribution in [0.3, 0.4) is 0 Å². The van der Waals surface area contributed by atoms with Gasteiger partial charge in [0.15, 0.2) is 0 Å². The molecule has 0 amide bonds. The van der Waals surface area contributed by atoms with E-state index in [0.29, 0.717) is 24.8 Å². The number of hydrogen-bond acceptors (Lipinski definition) is 6. The van der Waals surface area contributed by atoms with E-state index in [4.69, 9.17) is 8.94 Å². The van der Waals surface area contributed by atoms with E-state index in [0.717, 1.165) is 17.1 Å². The molecule has 0 fully saturated rings. The van der Waals surface area contributed by atoms with Gasteiger partial charge in [-0.3, -0.25) is 9.88 Å². The fourth-order valence-electron chi connectivity index (χ4n) is 2.05. The lowest BCUT2D eigenvalue weighted by molar-refractivity contribution is 0.243. The molecule has 108 valence electrons. The summed E-state index contributed by atoms with van der Waals surface area (Å²) in [6, 6.07) is 7.67. The van der Waals surface area contributed by atoms with Crippen LogP contribution in [0, 0.1) is 6.92 Å². The van der Waals surface area contributed by atoms with Crippen molar-refractivity contribution in [2.75, 3.05) is 7.05 Å². The van der Waals surface area contributed by atoms with Crippen LogP contribution in [0.5, 0.6) is 0 Å². The Bertz CT molecular complexity index is 705. The van der Waals surface area contributed by atoms with Gasteiger partial charge >= 0.3 is 0 Å². The van der Waals surface area contributed by atoms with E-state index in [2.05, 4.69) is 20.0 Å². The van der Waals surface area contributed by atoms with Crippen LogP contribution < -0.4 is 0 Å². The fraction of sp³-hybridized carbons (Fsp3) is 0.267. The quantitative estimate of drug-likeness (QED) is 0.717. The van der Waals surface area contributed by atoms with Crippen molar-refractivity contribution >= 4 is 0 Å². The minimum Gasteiger partial charge on any atom is -0.465 e. The molecule has 3 heterocycles. The number of hydrogen-bond donors (Lipinski definition) is 0. The van der Waals surface area contributed by atoms with Gasteiger partial charge in [0.2, 0.25) is 11.7 Å². The number of nitrogens with zero attached hydrogens (tertiary/aromatic N) is 4. The summed E-state index contributed by atoms with van der Waals surface area (Å²) in [7, 11) is 1.98. The van der Waals surface area contributed by atoms with Crippen molar-refractivity contribution in [2.24, 2.45) is 0 Å². The summed E-state index contributed by atoms with van der Waals surface area (Å²) < 4.78 is 10.8. The predicted molar refractivity (Wildman–Crippen MR) is 76.1 cm³/mol. The number of aromatic nitrogens is 3. The van der Waals surface area contributed by atoms with E-state index >= 15 is 0 Å². The summed E-state index contributed by atoms with van der Waals surface area (Å²) in [5.74, 6) is 2.96. The van der Waals surface area contributed by atoms with E-state index in [1.165, 1.54) is 0 Å². The van der Waals surface area contributed by atoms with Crippen LogP contribution in [0.1, 0.15) is 17.4 Å². The van der Waals surface area contributed by atoms with Crippen LogP contribution in [0.15, 0.2) is 45.6 Å². The first kappa shape index (κ1) is 13.5. The lowest BCUT2D eigenvalue weighted by Gasteiger charge is -2.11. The van der Waals surface area contributed by atoms with Crippen LogP contribution in [-0.4, -0.2) is 27.1 Å². The van der Waals surface area contributed by atoms with Crippen LogP contribution in [0.2, 0.25) is 0 Å². The van der Waals surface area contributed by atoms with Gasteiger partial charge in [-0.15, -0.1) is 0 Å². The van der Waals surface area contributed by atoms with Gasteiger partial charge in [-0.1, -0.05) is 5.16 Å². The zero-order valence-electron chi connectivity index (χ0n) is 12.0. The van der Waals surface area contributed by atoms with Crippen molar-refractivity contribution in [3.8, 4) is 11.4 Å². The SMILES string of the molecule is Cc1ccc(CN(C)Cc2nc(-c3cccnc3)no2)o1. The molecule has 0 unspecified atom stereocenters. The normalized spacial score (nSPS) is 11.2. The second kappa shape index (κ2) is 5.88. The third kappa shape index (κ3) is 3.35.